The van der Waals surface area contributed by atoms with Crippen molar-refractivity contribution in [2.75, 3.05) is 0 Å². The van der Waals surface area contributed by atoms with Gasteiger partial charge in [-0.1, -0.05) is 30.3 Å². The Morgan fingerprint density at radius 2 is 1.62 bits per heavy atom. The minimum atomic E-state index is -4.00. The monoisotopic (exact) mass is 352 g/mol. The molecule has 0 radical (unpaired) electrons. The lowest BCUT2D eigenvalue weighted by Crippen LogP contribution is -2.10. The minimum absolute atomic E-state index is 0.189. The average molecular weight is 352 g/mol. The molecule has 0 spiro atoms. The first-order valence-electron chi connectivity index (χ1n) is 6.61. The van der Waals surface area contributed by atoms with E-state index in [-0.39, 0.29) is 11.3 Å². The van der Waals surface area contributed by atoms with Gasteiger partial charge >= 0.3 is 0 Å². The summed E-state index contributed by atoms with van der Waals surface area (Å²) in [6.07, 6.45) is 0. The summed E-state index contributed by atoms with van der Waals surface area (Å²) in [5, 5.41) is 21.7. The Balaban J connectivity index is 2.19. The molecule has 2 aromatic carbocycles. The van der Waals surface area contributed by atoms with Gasteiger partial charge in [-0.2, -0.15) is 8.42 Å². The SMILES string of the molecule is O=[N+]([O-])c1ccc([N+](=O)[O-])c(COS(=O)(=O)Cc2ccccc2)c1. The van der Waals surface area contributed by atoms with Gasteiger partial charge in [0.05, 0.1) is 22.0 Å². The van der Waals surface area contributed by atoms with Crippen molar-refractivity contribution in [2.45, 2.75) is 12.4 Å². The molecule has 2 aromatic rings. The van der Waals surface area contributed by atoms with Crippen LogP contribution in [0, 0.1) is 20.2 Å². The highest BCUT2D eigenvalue weighted by molar-refractivity contribution is 7.85. The van der Waals surface area contributed by atoms with Gasteiger partial charge in [0, 0.05) is 18.2 Å². The molecule has 0 aromatic heterocycles. The molecule has 0 bridgehead atoms. The number of benzene rings is 2. The maximum absolute atomic E-state index is 11.9. The Hall–Kier alpha value is -2.85. The smallest absolute Gasteiger partial charge is 0.265 e. The second-order valence-corrected chi connectivity index (χ2v) is 6.42. The van der Waals surface area contributed by atoms with Crippen LogP contribution in [0.2, 0.25) is 0 Å². The predicted octanol–water partition coefficient (Wildman–Crippen LogP) is 2.55. The quantitative estimate of drug-likeness (QED) is 0.425. The molecule has 9 nitrogen and oxygen atoms in total. The van der Waals surface area contributed by atoms with Gasteiger partial charge in [-0.15, -0.1) is 0 Å². The number of nitro benzene ring substituents is 2. The van der Waals surface area contributed by atoms with Crippen molar-refractivity contribution in [3.63, 3.8) is 0 Å². The van der Waals surface area contributed by atoms with Gasteiger partial charge < -0.3 is 0 Å². The van der Waals surface area contributed by atoms with E-state index in [0.717, 1.165) is 18.2 Å². The number of non-ortho nitro benzene ring substituents is 1. The zero-order valence-electron chi connectivity index (χ0n) is 12.2. The van der Waals surface area contributed by atoms with Crippen molar-refractivity contribution in [1.82, 2.24) is 0 Å². The van der Waals surface area contributed by atoms with Gasteiger partial charge in [0.15, 0.2) is 0 Å². The summed E-state index contributed by atoms with van der Waals surface area (Å²) in [6.45, 7) is -0.660. The van der Waals surface area contributed by atoms with Crippen LogP contribution in [0.5, 0.6) is 0 Å². The lowest BCUT2D eigenvalue weighted by atomic mass is 10.1. The predicted molar refractivity (Wildman–Crippen MR) is 83.6 cm³/mol. The molecule has 0 aliphatic heterocycles. The lowest BCUT2D eigenvalue weighted by molar-refractivity contribution is -0.389. The molecule has 0 heterocycles. The molecule has 0 saturated heterocycles. The number of rotatable bonds is 7. The summed E-state index contributed by atoms with van der Waals surface area (Å²) in [4.78, 5) is 20.2. The van der Waals surface area contributed by atoms with Crippen molar-refractivity contribution < 1.29 is 22.4 Å². The number of nitro groups is 2. The summed E-state index contributed by atoms with van der Waals surface area (Å²) in [6, 6.07) is 11.1. The third-order valence-corrected chi connectivity index (χ3v) is 4.21. The first-order valence-corrected chi connectivity index (χ1v) is 8.19. The van der Waals surface area contributed by atoms with Crippen LogP contribution in [0.15, 0.2) is 48.5 Å². The Labute approximate surface area is 136 Å². The van der Waals surface area contributed by atoms with Gasteiger partial charge in [-0.05, 0) is 5.56 Å². The molecule has 0 amide bonds. The molecule has 10 heteroatoms. The van der Waals surface area contributed by atoms with E-state index in [1.54, 1.807) is 30.3 Å². The van der Waals surface area contributed by atoms with Crippen LogP contribution >= 0.6 is 0 Å². The van der Waals surface area contributed by atoms with Crippen molar-refractivity contribution >= 4 is 21.5 Å². The van der Waals surface area contributed by atoms with E-state index < -0.39 is 38.0 Å². The van der Waals surface area contributed by atoms with Crippen LogP contribution in [0.3, 0.4) is 0 Å². The summed E-state index contributed by atoms with van der Waals surface area (Å²) < 4.78 is 28.7. The zero-order valence-corrected chi connectivity index (χ0v) is 13.0. The summed E-state index contributed by atoms with van der Waals surface area (Å²) >= 11 is 0. The minimum Gasteiger partial charge on any atom is -0.265 e. The summed E-state index contributed by atoms with van der Waals surface area (Å²) in [5.74, 6) is -0.406. The fraction of sp³-hybridized carbons (Fsp3) is 0.143. The fourth-order valence-electron chi connectivity index (χ4n) is 1.95. The van der Waals surface area contributed by atoms with Crippen LogP contribution in [0.1, 0.15) is 11.1 Å². The topological polar surface area (TPSA) is 130 Å². The van der Waals surface area contributed by atoms with Crippen LogP contribution in [-0.4, -0.2) is 18.3 Å². The molecular formula is C14H12N2O7S. The molecule has 0 atom stereocenters. The Morgan fingerprint density at radius 1 is 0.958 bits per heavy atom. The van der Waals surface area contributed by atoms with E-state index >= 15 is 0 Å². The molecule has 0 fully saturated rings. The Kier molecular flexibility index (Phi) is 5.21. The van der Waals surface area contributed by atoms with E-state index in [1.807, 2.05) is 0 Å². The van der Waals surface area contributed by atoms with Crippen LogP contribution in [0.4, 0.5) is 11.4 Å². The number of hydrogen-bond acceptors (Lipinski definition) is 7. The van der Waals surface area contributed by atoms with Crippen molar-refractivity contribution in [3.8, 4) is 0 Å². The molecule has 126 valence electrons. The van der Waals surface area contributed by atoms with Gasteiger partial charge in [-0.3, -0.25) is 24.4 Å². The molecule has 0 unspecified atom stereocenters. The van der Waals surface area contributed by atoms with E-state index in [0.29, 0.717) is 5.56 Å². The van der Waals surface area contributed by atoms with Crippen molar-refractivity contribution in [3.05, 3.63) is 79.9 Å². The van der Waals surface area contributed by atoms with Crippen LogP contribution in [-0.2, 0) is 26.7 Å². The Bertz CT molecular complexity index is 866. The standard InChI is InChI=1S/C14H12N2O7S/c17-15(18)13-6-7-14(16(19)20)12(8-13)9-23-24(21,22)10-11-4-2-1-3-5-11/h1-8H,9-10H2. The normalized spacial score (nSPS) is 11.2. The summed E-state index contributed by atoms with van der Waals surface area (Å²) in [7, 11) is -4.00. The molecule has 0 aliphatic rings. The van der Waals surface area contributed by atoms with E-state index in [9.17, 15) is 28.6 Å². The van der Waals surface area contributed by atoms with E-state index in [2.05, 4.69) is 0 Å². The van der Waals surface area contributed by atoms with Crippen molar-refractivity contribution in [2.24, 2.45) is 0 Å². The van der Waals surface area contributed by atoms with Gasteiger partial charge in [0.25, 0.3) is 21.5 Å². The number of nitrogens with zero attached hydrogens (tertiary/aromatic N) is 2. The highest BCUT2D eigenvalue weighted by Crippen LogP contribution is 2.25. The second kappa shape index (κ2) is 7.15. The molecule has 24 heavy (non-hydrogen) atoms. The fourth-order valence-corrected chi connectivity index (χ4v) is 2.94. The third-order valence-electron chi connectivity index (χ3n) is 3.05. The third kappa shape index (κ3) is 4.57. The van der Waals surface area contributed by atoms with E-state index in [4.69, 9.17) is 4.18 Å². The largest absolute Gasteiger partial charge is 0.275 e. The maximum Gasteiger partial charge on any atom is 0.275 e. The molecule has 0 N–H and O–H groups in total. The van der Waals surface area contributed by atoms with E-state index in [1.165, 1.54) is 0 Å². The molecular weight excluding hydrogens is 340 g/mol. The van der Waals surface area contributed by atoms with Gasteiger partial charge in [0.1, 0.15) is 5.75 Å². The maximum atomic E-state index is 11.9. The Morgan fingerprint density at radius 3 is 2.21 bits per heavy atom. The lowest BCUT2D eigenvalue weighted by Gasteiger charge is -2.06. The highest BCUT2D eigenvalue weighted by atomic mass is 32.2. The van der Waals surface area contributed by atoms with Gasteiger partial charge in [0.2, 0.25) is 0 Å². The molecule has 2 rings (SSSR count). The molecule has 0 saturated carbocycles. The van der Waals surface area contributed by atoms with Crippen LogP contribution < -0.4 is 0 Å². The zero-order chi connectivity index (χ0) is 17.7. The first kappa shape index (κ1) is 17.5. The van der Waals surface area contributed by atoms with Crippen molar-refractivity contribution in [1.29, 1.82) is 0 Å². The first-order chi connectivity index (χ1) is 11.3. The highest BCUT2D eigenvalue weighted by Gasteiger charge is 2.21. The number of hydrogen-bond donors (Lipinski definition) is 0. The average Bonchev–Trinajstić information content (AvgIpc) is 2.53. The molecule has 0 aliphatic carbocycles. The summed E-state index contributed by atoms with van der Waals surface area (Å²) in [5.41, 5.74) is -0.535. The second-order valence-electron chi connectivity index (χ2n) is 4.78. The van der Waals surface area contributed by atoms with Gasteiger partial charge in [-0.25, -0.2) is 0 Å². The van der Waals surface area contributed by atoms with Crippen LogP contribution in [0.25, 0.3) is 0 Å².